The maximum atomic E-state index is 12.7. The van der Waals surface area contributed by atoms with Gasteiger partial charge in [0.1, 0.15) is 11.5 Å². The first-order chi connectivity index (χ1) is 12.0. The van der Waals surface area contributed by atoms with Crippen LogP contribution in [-0.4, -0.2) is 17.0 Å². The van der Waals surface area contributed by atoms with E-state index in [-0.39, 0.29) is 17.7 Å². The molecule has 2 aliphatic rings. The van der Waals surface area contributed by atoms with E-state index >= 15 is 0 Å². The van der Waals surface area contributed by atoms with E-state index < -0.39 is 17.8 Å². The standard InChI is InChI=1S/C20H19NO4/c1-11-2-9-16(25-11)12-5-7-15(8-6-12)21-19(22)17-13-3-4-14(10-13)18(17)20(23)24/h2-9,13-14,17-18H,10H2,1H3,(H,21,22)(H,23,24)/t13-,14-,17-,18-/m0/s1. The van der Waals surface area contributed by atoms with Crippen molar-refractivity contribution in [1.29, 1.82) is 0 Å². The molecular formula is C20H19NO4. The van der Waals surface area contributed by atoms with Crippen molar-refractivity contribution in [1.82, 2.24) is 0 Å². The van der Waals surface area contributed by atoms with Crippen LogP contribution in [0.3, 0.4) is 0 Å². The summed E-state index contributed by atoms with van der Waals surface area (Å²) in [7, 11) is 0. The van der Waals surface area contributed by atoms with Crippen molar-refractivity contribution >= 4 is 17.6 Å². The number of anilines is 1. The lowest BCUT2D eigenvalue weighted by Crippen LogP contribution is -2.36. The highest BCUT2D eigenvalue weighted by Crippen LogP contribution is 2.48. The Hall–Kier alpha value is -2.82. The number of aliphatic carboxylic acids is 1. The molecule has 4 rings (SSSR count). The van der Waals surface area contributed by atoms with E-state index in [1.165, 1.54) is 0 Å². The first-order valence-corrected chi connectivity index (χ1v) is 8.42. The minimum Gasteiger partial charge on any atom is -0.481 e. The van der Waals surface area contributed by atoms with Crippen LogP contribution in [0.1, 0.15) is 12.2 Å². The SMILES string of the molecule is Cc1ccc(-c2ccc(NC(=O)[C@@H]3[C@@H](C(=O)O)[C@H]4C=C[C@H]3C4)cc2)o1. The van der Waals surface area contributed by atoms with E-state index in [2.05, 4.69) is 5.32 Å². The Morgan fingerprint density at radius 1 is 1.04 bits per heavy atom. The minimum atomic E-state index is -0.888. The van der Waals surface area contributed by atoms with Crippen LogP contribution >= 0.6 is 0 Å². The van der Waals surface area contributed by atoms with Gasteiger partial charge in [0.15, 0.2) is 0 Å². The number of hydrogen-bond acceptors (Lipinski definition) is 3. The van der Waals surface area contributed by atoms with Crippen LogP contribution in [0.15, 0.2) is 53.0 Å². The summed E-state index contributed by atoms with van der Waals surface area (Å²) >= 11 is 0. The van der Waals surface area contributed by atoms with Crippen molar-refractivity contribution in [3.8, 4) is 11.3 Å². The molecule has 1 amide bonds. The Bertz CT molecular complexity index is 849. The molecule has 1 aromatic carbocycles. The second kappa shape index (κ2) is 5.92. The number of furan rings is 1. The molecule has 0 spiro atoms. The largest absolute Gasteiger partial charge is 0.481 e. The van der Waals surface area contributed by atoms with Crippen LogP contribution in [0, 0.1) is 30.6 Å². The van der Waals surface area contributed by atoms with Crippen molar-refractivity contribution in [2.45, 2.75) is 13.3 Å². The Labute approximate surface area is 145 Å². The molecule has 4 atom stereocenters. The number of carbonyl (C=O) groups is 2. The third-order valence-corrected chi connectivity index (χ3v) is 5.22. The third kappa shape index (κ3) is 2.76. The van der Waals surface area contributed by atoms with Crippen LogP contribution in [0.4, 0.5) is 5.69 Å². The minimum absolute atomic E-state index is 0.0245. The maximum Gasteiger partial charge on any atom is 0.307 e. The number of rotatable bonds is 4. The number of carboxylic acid groups (broad SMARTS) is 1. The first-order valence-electron chi connectivity index (χ1n) is 8.42. The molecular weight excluding hydrogens is 318 g/mol. The van der Waals surface area contributed by atoms with Gasteiger partial charge in [-0.1, -0.05) is 12.2 Å². The van der Waals surface area contributed by atoms with Gasteiger partial charge in [0.25, 0.3) is 0 Å². The van der Waals surface area contributed by atoms with E-state index in [9.17, 15) is 14.7 Å². The van der Waals surface area contributed by atoms with E-state index in [0.717, 1.165) is 23.5 Å². The number of carbonyl (C=O) groups excluding carboxylic acids is 1. The lowest BCUT2D eigenvalue weighted by atomic mass is 9.82. The van der Waals surface area contributed by atoms with Crippen molar-refractivity contribution in [3.63, 3.8) is 0 Å². The predicted molar refractivity (Wildman–Crippen MR) is 92.9 cm³/mol. The molecule has 5 nitrogen and oxygen atoms in total. The van der Waals surface area contributed by atoms with Gasteiger partial charge in [-0.15, -0.1) is 0 Å². The average molecular weight is 337 g/mol. The lowest BCUT2D eigenvalue weighted by Gasteiger charge is -2.23. The predicted octanol–water partition coefficient (Wildman–Crippen LogP) is 3.72. The zero-order valence-corrected chi connectivity index (χ0v) is 13.8. The van der Waals surface area contributed by atoms with Gasteiger partial charge in [-0.2, -0.15) is 0 Å². The van der Waals surface area contributed by atoms with Gasteiger partial charge < -0.3 is 14.8 Å². The molecule has 2 N–H and O–H groups in total. The Balaban J connectivity index is 1.49. The smallest absolute Gasteiger partial charge is 0.307 e. The summed E-state index contributed by atoms with van der Waals surface area (Å²) in [6.07, 6.45) is 4.68. The van der Waals surface area contributed by atoms with Gasteiger partial charge in [0.2, 0.25) is 5.91 Å². The number of carboxylic acids is 1. The molecule has 0 unspecified atom stereocenters. The fourth-order valence-electron chi connectivity index (χ4n) is 4.05. The monoisotopic (exact) mass is 337 g/mol. The molecule has 25 heavy (non-hydrogen) atoms. The number of fused-ring (bicyclic) bond motifs is 2. The van der Waals surface area contributed by atoms with Crippen LogP contribution < -0.4 is 5.32 Å². The lowest BCUT2D eigenvalue weighted by molar-refractivity contribution is -0.146. The molecule has 2 aromatic rings. The highest BCUT2D eigenvalue weighted by molar-refractivity contribution is 5.96. The number of aryl methyl sites for hydroxylation is 1. The molecule has 2 aliphatic carbocycles. The zero-order valence-electron chi connectivity index (χ0n) is 13.8. The summed E-state index contributed by atoms with van der Waals surface area (Å²) < 4.78 is 5.59. The van der Waals surface area contributed by atoms with E-state index in [0.29, 0.717) is 5.69 Å². The summed E-state index contributed by atoms with van der Waals surface area (Å²) in [5.41, 5.74) is 1.59. The summed E-state index contributed by atoms with van der Waals surface area (Å²) in [5, 5.41) is 12.3. The highest BCUT2D eigenvalue weighted by Gasteiger charge is 2.51. The second-order valence-corrected chi connectivity index (χ2v) is 6.82. The van der Waals surface area contributed by atoms with Crippen LogP contribution in [0.25, 0.3) is 11.3 Å². The summed E-state index contributed by atoms with van der Waals surface area (Å²) in [6.45, 7) is 1.89. The molecule has 1 heterocycles. The number of benzene rings is 1. The van der Waals surface area contributed by atoms with Gasteiger partial charge in [-0.05, 0) is 61.6 Å². The normalized spacial score (nSPS) is 26.8. The first kappa shape index (κ1) is 15.7. The second-order valence-electron chi connectivity index (χ2n) is 6.82. The third-order valence-electron chi connectivity index (χ3n) is 5.22. The fraction of sp³-hybridized carbons (Fsp3) is 0.300. The maximum absolute atomic E-state index is 12.7. The Morgan fingerprint density at radius 2 is 1.72 bits per heavy atom. The number of amides is 1. The summed E-state index contributed by atoms with van der Waals surface area (Å²) in [4.78, 5) is 24.2. The molecule has 0 aliphatic heterocycles. The molecule has 5 heteroatoms. The van der Waals surface area contributed by atoms with E-state index in [4.69, 9.17) is 4.42 Å². The molecule has 1 fully saturated rings. The molecule has 1 aromatic heterocycles. The van der Waals surface area contributed by atoms with Gasteiger partial charge in [0, 0.05) is 11.3 Å². The van der Waals surface area contributed by atoms with E-state index in [1.54, 1.807) is 0 Å². The molecule has 1 saturated carbocycles. The van der Waals surface area contributed by atoms with E-state index in [1.807, 2.05) is 55.5 Å². The topological polar surface area (TPSA) is 79.5 Å². The Kier molecular flexibility index (Phi) is 3.71. The number of hydrogen-bond donors (Lipinski definition) is 2. The van der Waals surface area contributed by atoms with Crippen molar-refractivity contribution in [2.75, 3.05) is 5.32 Å². The Morgan fingerprint density at radius 3 is 2.32 bits per heavy atom. The van der Waals surface area contributed by atoms with Gasteiger partial charge in [-0.3, -0.25) is 9.59 Å². The van der Waals surface area contributed by atoms with Crippen molar-refractivity contribution in [2.24, 2.45) is 23.7 Å². The van der Waals surface area contributed by atoms with Crippen LogP contribution in [-0.2, 0) is 9.59 Å². The quantitative estimate of drug-likeness (QED) is 0.834. The highest BCUT2D eigenvalue weighted by atomic mass is 16.4. The molecule has 0 radical (unpaired) electrons. The fourth-order valence-corrected chi connectivity index (χ4v) is 4.05. The summed E-state index contributed by atoms with van der Waals surface area (Å²) in [6, 6.07) is 11.2. The molecule has 0 saturated heterocycles. The number of allylic oxidation sites excluding steroid dienone is 2. The van der Waals surface area contributed by atoms with Crippen molar-refractivity contribution < 1.29 is 19.1 Å². The molecule has 2 bridgehead atoms. The van der Waals surface area contributed by atoms with Crippen LogP contribution in [0.5, 0.6) is 0 Å². The van der Waals surface area contributed by atoms with Gasteiger partial charge in [-0.25, -0.2) is 0 Å². The van der Waals surface area contributed by atoms with Crippen LogP contribution in [0.2, 0.25) is 0 Å². The van der Waals surface area contributed by atoms with Gasteiger partial charge >= 0.3 is 5.97 Å². The molecule has 128 valence electrons. The zero-order chi connectivity index (χ0) is 17.6. The van der Waals surface area contributed by atoms with Gasteiger partial charge in [0.05, 0.1) is 11.8 Å². The van der Waals surface area contributed by atoms with Crippen molar-refractivity contribution in [3.05, 3.63) is 54.3 Å². The number of nitrogens with one attached hydrogen (secondary N) is 1. The average Bonchev–Trinajstić information content (AvgIpc) is 3.30. The summed E-state index contributed by atoms with van der Waals surface area (Å²) in [5.74, 6) is -0.609.